The van der Waals surface area contributed by atoms with Crippen LogP contribution in [0.4, 0.5) is 0 Å². The van der Waals surface area contributed by atoms with E-state index in [2.05, 4.69) is 6.92 Å². The summed E-state index contributed by atoms with van der Waals surface area (Å²) in [4.78, 5) is 0. The van der Waals surface area contributed by atoms with E-state index in [0.29, 0.717) is 0 Å². The first-order valence-electron chi connectivity index (χ1n) is 1.99. The fraction of sp³-hybridized carbons (Fsp3) is 0.667. The number of aliphatic hydroxyl groups is 2. The van der Waals surface area contributed by atoms with Crippen LogP contribution in [0, 0.1) is 6.92 Å². The van der Waals surface area contributed by atoms with Gasteiger partial charge in [-0.1, -0.05) is 0 Å². The van der Waals surface area contributed by atoms with Gasteiger partial charge in [-0.15, -0.1) is 0 Å². The molecule has 10 heavy (non-hydrogen) atoms. The average molecular weight is 177 g/mol. The van der Waals surface area contributed by atoms with Gasteiger partial charge in [-0.25, -0.2) is 8.42 Å². The van der Waals surface area contributed by atoms with E-state index in [-0.39, 0.29) is 29.6 Å². The molecule has 0 amide bonds. The minimum atomic E-state index is -4.81. The summed E-state index contributed by atoms with van der Waals surface area (Å²) in [5.74, 6) is 0. The van der Waals surface area contributed by atoms with E-state index in [1.54, 1.807) is 0 Å². The zero-order valence-electron chi connectivity index (χ0n) is 5.39. The van der Waals surface area contributed by atoms with Crippen molar-refractivity contribution in [1.82, 2.24) is 0 Å². The second-order valence-electron chi connectivity index (χ2n) is 1.45. The second kappa shape index (κ2) is 4.66. The van der Waals surface area contributed by atoms with Crippen LogP contribution in [-0.4, -0.2) is 34.7 Å². The summed E-state index contributed by atoms with van der Waals surface area (Å²) in [6, 6.07) is 0. The number of rotatable bonds is 2. The molecule has 2 unspecified atom stereocenters. The van der Waals surface area contributed by atoms with Crippen molar-refractivity contribution in [3.8, 4) is 0 Å². The zero-order valence-corrected chi connectivity index (χ0v) is 8.21. The van der Waals surface area contributed by atoms with Gasteiger partial charge in [-0.3, -0.25) is 0 Å². The fourth-order valence-electron chi connectivity index (χ4n) is 0.192. The van der Waals surface area contributed by atoms with Crippen molar-refractivity contribution in [2.75, 3.05) is 0 Å². The molecule has 0 spiro atoms. The second-order valence-corrected chi connectivity index (χ2v) is 2.92. The SMILES string of the molecule is [CH2]C(O)C(O)S(=O)(=O)[O-].[Na+]. The Morgan fingerprint density at radius 1 is 1.40 bits per heavy atom. The summed E-state index contributed by atoms with van der Waals surface area (Å²) in [5.41, 5.74) is -2.32. The number of hydrogen-bond acceptors (Lipinski definition) is 5. The quantitative estimate of drug-likeness (QED) is 0.325. The molecule has 0 saturated carbocycles. The van der Waals surface area contributed by atoms with E-state index in [4.69, 9.17) is 10.2 Å². The molecule has 5 nitrogen and oxygen atoms in total. The van der Waals surface area contributed by atoms with Gasteiger partial charge in [-0.2, -0.15) is 0 Å². The maximum absolute atomic E-state index is 9.77. The minimum absolute atomic E-state index is 0. The Labute approximate surface area is 81.1 Å². The molecule has 0 aliphatic rings. The third-order valence-electron chi connectivity index (χ3n) is 0.625. The average Bonchev–Trinajstić information content (AvgIpc) is 1.62. The molecule has 0 aliphatic carbocycles. The molecule has 0 bridgehead atoms. The predicted molar refractivity (Wildman–Crippen MR) is 27.1 cm³/mol. The van der Waals surface area contributed by atoms with E-state index in [9.17, 15) is 13.0 Å². The molecule has 55 valence electrons. The topological polar surface area (TPSA) is 97.7 Å². The monoisotopic (exact) mass is 177 g/mol. The van der Waals surface area contributed by atoms with Crippen LogP contribution in [0.25, 0.3) is 0 Å². The summed E-state index contributed by atoms with van der Waals surface area (Å²) < 4.78 is 29.3. The Kier molecular flexibility index (Phi) is 6.25. The van der Waals surface area contributed by atoms with Gasteiger partial charge in [0.2, 0.25) is 0 Å². The predicted octanol–water partition coefficient (Wildman–Crippen LogP) is -4.95. The van der Waals surface area contributed by atoms with Gasteiger partial charge >= 0.3 is 29.6 Å². The van der Waals surface area contributed by atoms with Crippen molar-refractivity contribution in [3.05, 3.63) is 6.92 Å². The van der Waals surface area contributed by atoms with Crippen LogP contribution in [-0.2, 0) is 10.1 Å². The summed E-state index contributed by atoms with van der Waals surface area (Å²) in [6.07, 6.45) is -1.78. The Balaban J connectivity index is 0. The van der Waals surface area contributed by atoms with E-state index in [1.807, 2.05) is 0 Å². The molecular weight excluding hydrogens is 171 g/mol. The van der Waals surface area contributed by atoms with Crippen molar-refractivity contribution in [1.29, 1.82) is 0 Å². The van der Waals surface area contributed by atoms with Gasteiger partial charge in [0.1, 0.15) is 10.1 Å². The van der Waals surface area contributed by atoms with Crippen LogP contribution in [0.5, 0.6) is 0 Å². The van der Waals surface area contributed by atoms with Crippen molar-refractivity contribution in [3.63, 3.8) is 0 Å². The van der Waals surface area contributed by atoms with E-state index in [1.165, 1.54) is 0 Å². The molecule has 0 saturated heterocycles. The summed E-state index contributed by atoms with van der Waals surface area (Å²) in [6.45, 7) is 2.73. The molecule has 7 heteroatoms. The summed E-state index contributed by atoms with van der Waals surface area (Å²) in [7, 11) is -4.81. The van der Waals surface area contributed by atoms with Crippen molar-refractivity contribution >= 4 is 10.1 Å². The molecule has 0 aromatic carbocycles. The molecule has 0 aromatic rings. The smallest absolute Gasteiger partial charge is 0.746 e. The van der Waals surface area contributed by atoms with E-state index < -0.39 is 21.7 Å². The van der Waals surface area contributed by atoms with Crippen molar-refractivity contribution in [2.24, 2.45) is 0 Å². The fourth-order valence-corrected chi connectivity index (χ4v) is 0.577. The molecular formula is C3H6NaO5S. The third-order valence-corrected chi connectivity index (χ3v) is 1.53. The normalized spacial score (nSPS) is 17.2. The first-order chi connectivity index (χ1) is 3.85. The van der Waals surface area contributed by atoms with Crippen LogP contribution >= 0.6 is 0 Å². The van der Waals surface area contributed by atoms with Crippen LogP contribution in [0.2, 0.25) is 0 Å². The molecule has 1 radical (unpaired) electrons. The first-order valence-corrected chi connectivity index (χ1v) is 3.47. The van der Waals surface area contributed by atoms with Crippen molar-refractivity contribution in [2.45, 2.75) is 11.5 Å². The zero-order chi connectivity index (χ0) is 7.65. The van der Waals surface area contributed by atoms with Gasteiger partial charge in [0, 0.05) is 0 Å². The van der Waals surface area contributed by atoms with Crippen LogP contribution < -0.4 is 29.6 Å². The Hall–Kier alpha value is 0.830. The Morgan fingerprint density at radius 2 is 1.70 bits per heavy atom. The number of hydrogen-bond donors (Lipinski definition) is 2. The molecule has 0 fully saturated rings. The summed E-state index contributed by atoms with van der Waals surface area (Å²) in [5, 5.41) is 16.5. The minimum Gasteiger partial charge on any atom is -0.746 e. The van der Waals surface area contributed by atoms with Gasteiger partial charge in [0.05, 0.1) is 6.10 Å². The first kappa shape index (κ1) is 13.4. The van der Waals surface area contributed by atoms with Crippen LogP contribution in [0.1, 0.15) is 0 Å². The molecule has 0 aromatic heterocycles. The van der Waals surface area contributed by atoms with Crippen molar-refractivity contribution < 1.29 is 52.7 Å². The molecule has 0 heterocycles. The Bertz CT molecular complexity index is 173. The van der Waals surface area contributed by atoms with Gasteiger partial charge in [-0.05, 0) is 6.92 Å². The molecule has 0 aliphatic heterocycles. The molecule has 0 rings (SSSR count). The molecule has 2 N–H and O–H groups in total. The van der Waals surface area contributed by atoms with Crippen LogP contribution in [0.15, 0.2) is 0 Å². The maximum Gasteiger partial charge on any atom is 1.00 e. The standard InChI is InChI=1S/C3H7O5S.Na/c1-2(4)3(5)9(6,7)8;/h2-5H,1H2,(H,6,7,8);/q;+1/p-1. The number of aliphatic hydroxyl groups excluding tert-OH is 2. The van der Waals surface area contributed by atoms with Gasteiger partial charge in [0.15, 0.2) is 5.44 Å². The molecule has 2 atom stereocenters. The van der Waals surface area contributed by atoms with Gasteiger partial charge < -0.3 is 14.8 Å². The Morgan fingerprint density at radius 3 is 1.70 bits per heavy atom. The van der Waals surface area contributed by atoms with E-state index >= 15 is 0 Å². The maximum atomic E-state index is 9.77. The van der Waals surface area contributed by atoms with Crippen LogP contribution in [0.3, 0.4) is 0 Å². The largest absolute Gasteiger partial charge is 1.00 e. The third kappa shape index (κ3) is 4.62. The van der Waals surface area contributed by atoms with E-state index in [0.717, 1.165) is 0 Å². The summed E-state index contributed by atoms with van der Waals surface area (Å²) >= 11 is 0. The van der Waals surface area contributed by atoms with Gasteiger partial charge in [0.25, 0.3) is 0 Å².